The quantitative estimate of drug-likeness (QED) is 0.409. The normalized spacial score (nSPS) is 23.4. The molecule has 0 bridgehead atoms. The summed E-state index contributed by atoms with van der Waals surface area (Å²) in [4.78, 5) is 11.6. The maximum Gasteiger partial charge on any atom is 0.416 e. The number of carbonyl (C=O) groups excluding carboxylic acids is 1. The van der Waals surface area contributed by atoms with Crippen molar-refractivity contribution in [3.05, 3.63) is 70.8 Å². The molecule has 1 heterocycles. The first kappa shape index (κ1) is 23.3. The Morgan fingerprint density at radius 2 is 1.58 bits per heavy atom. The van der Waals surface area contributed by atoms with Gasteiger partial charge >= 0.3 is 12.4 Å². The van der Waals surface area contributed by atoms with Crippen molar-refractivity contribution < 1.29 is 40.6 Å². The third-order valence-electron chi connectivity index (χ3n) is 5.26. The second-order valence-electron chi connectivity index (χ2n) is 7.38. The fourth-order valence-electron chi connectivity index (χ4n) is 3.65. The molecule has 168 valence electrons. The third kappa shape index (κ3) is 5.46. The summed E-state index contributed by atoms with van der Waals surface area (Å²) in [7, 11) is 0. The van der Waals surface area contributed by atoms with Gasteiger partial charge in [0.2, 0.25) is 0 Å². The van der Waals surface area contributed by atoms with Crippen LogP contribution in [-0.2, 0) is 26.6 Å². The van der Waals surface area contributed by atoms with E-state index in [1.807, 2.05) is 0 Å². The van der Waals surface area contributed by atoms with Crippen LogP contribution in [0.25, 0.3) is 0 Å². The van der Waals surface area contributed by atoms with Crippen LogP contribution in [0.2, 0.25) is 0 Å². The van der Waals surface area contributed by atoms with Crippen LogP contribution >= 0.6 is 0 Å². The Kier molecular flexibility index (Phi) is 6.76. The Bertz CT molecular complexity index is 862. The Morgan fingerprint density at radius 1 is 1.00 bits per heavy atom. The van der Waals surface area contributed by atoms with Gasteiger partial charge in [-0.05, 0) is 42.7 Å². The van der Waals surface area contributed by atoms with Gasteiger partial charge in [0.25, 0.3) is 0 Å². The van der Waals surface area contributed by atoms with E-state index in [1.54, 1.807) is 30.3 Å². The first-order valence-corrected chi connectivity index (χ1v) is 9.57. The van der Waals surface area contributed by atoms with Crippen molar-refractivity contribution in [2.24, 2.45) is 5.92 Å². The molecule has 1 fully saturated rings. The zero-order valence-corrected chi connectivity index (χ0v) is 16.4. The average Bonchev–Trinajstić information content (AvgIpc) is 2.72. The van der Waals surface area contributed by atoms with E-state index in [0.29, 0.717) is 18.6 Å². The van der Waals surface area contributed by atoms with Crippen LogP contribution in [0.3, 0.4) is 0 Å². The summed E-state index contributed by atoms with van der Waals surface area (Å²) in [5.41, 5.74) is -2.38. The van der Waals surface area contributed by atoms with Crippen LogP contribution in [0.15, 0.2) is 48.5 Å². The minimum Gasteiger partial charge on any atom is -0.352 e. The van der Waals surface area contributed by atoms with Gasteiger partial charge in [0, 0.05) is 11.8 Å². The number of aldehydes is 1. The molecule has 1 aliphatic rings. The number of hydrogen-bond donors (Lipinski definition) is 0. The highest BCUT2D eigenvalue weighted by molar-refractivity contribution is 5.56. The Hall–Kier alpha value is -2.39. The van der Waals surface area contributed by atoms with E-state index in [2.05, 4.69) is 0 Å². The van der Waals surface area contributed by atoms with Gasteiger partial charge in [0.05, 0.1) is 23.8 Å². The number of ether oxygens (including phenoxy) is 2. The van der Waals surface area contributed by atoms with Crippen LogP contribution in [-0.4, -0.2) is 19.2 Å². The molecule has 1 saturated heterocycles. The molecule has 0 radical (unpaired) electrons. The molecule has 0 N–H and O–H groups in total. The van der Waals surface area contributed by atoms with Crippen molar-refractivity contribution >= 4 is 6.29 Å². The topological polar surface area (TPSA) is 35.5 Å². The van der Waals surface area contributed by atoms with Crippen LogP contribution < -0.4 is 0 Å². The van der Waals surface area contributed by atoms with Crippen molar-refractivity contribution in [3.8, 4) is 0 Å². The highest BCUT2D eigenvalue weighted by Gasteiger charge is 2.39. The molecule has 0 amide bonds. The highest BCUT2D eigenvalue weighted by atomic mass is 19.4. The zero-order chi connectivity index (χ0) is 22.8. The molecule has 1 unspecified atom stereocenters. The summed E-state index contributed by atoms with van der Waals surface area (Å²) in [6.45, 7) is 1.53. The molecule has 3 rings (SSSR count). The number of alkyl halides is 6. The van der Waals surface area contributed by atoms with Gasteiger partial charge in [-0.15, -0.1) is 0 Å². The number of halogens is 6. The smallest absolute Gasteiger partial charge is 0.352 e. The van der Waals surface area contributed by atoms with E-state index in [-0.39, 0.29) is 18.2 Å². The molecule has 2 aromatic rings. The second-order valence-corrected chi connectivity index (χ2v) is 7.38. The van der Waals surface area contributed by atoms with Crippen molar-refractivity contribution in [1.82, 2.24) is 0 Å². The monoisotopic (exact) mass is 446 g/mol. The molecule has 9 heteroatoms. The highest BCUT2D eigenvalue weighted by Crippen LogP contribution is 2.40. The van der Waals surface area contributed by atoms with E-state index < -0.39 is 47.7 Å². The van der Waals surface area contributed by atoms with Gasteiger partial charge in [-0.2, -0.15) is 26.3 Å². The van der Waals surface area contributed by atoms with Crippen molar-refractivity contribution in [2.45, 2.75) is 44.0 Å². The first-order chi connectivity index (χ1) is 14.5. The van der Waals surface area contributed by atoms with E-state index in [4.69, 9.17) is 9.47 Å². The minimum atomic E-state index is -4.95. The Morgan fingerprint density at radius 3 is 2.10 bits per heavy atom. The lowest BCUT2D eigenvalue weighted by atomic mass is 9.82. The maximum absolute atomic E-state index is 13.2. The molecule has 1 aliphatic heterocycles. The molecule has 0 saturated carbocycles. The first-order valence-electron chi connectivity index (χ1n) is 9.57. The van der Waals surface area contributed by atoms with E-state index in [0.717, 1.165) is 11.8 Å². The van der Waals surface area contributed by atoms with Gasteiger partial charge in [0.15, 0.2) is 6.29 Å². The van der Waals surface area contributed by atoms with Gasteiger partial charge < -0.3 is 14.3 Å². The summed E-state index contributed by atoms with van der Waals surface area (Å²) in [6, 6.07) is 10.2. The van der Waals surface area contributed by atoms with Crippen LogP contribution in [0.1, 0.15) is 47.6 Å². The zero-order valence-electron chi connectivity index (χ0n) is 16.4. The number of benzene rings is 2. The second kappa shape index (κ2) is 9.00. The average molecular weight is 446 g/mol. The summed E-state index contributed by atoms with van der Waals surface area (Å²) in [6.07, 6.45) is -10.9. The van der Waals surface area contributed by atoms with Gasteiger partial charge in [-0.25, -0.2) is 0 Å². The van der Waals surface area contributed by atoms with Gasteiger partial charge in [-0.1, -0.05) is 30.3 Å². The summed E-state index contributed by atoms with van der Waals surface area (Å²) >= 11 is 0. The summed E-state index contributed by atoms with van der Waals surface area (Å²) in [5, 5.41) is 0. The van der Waals surface area contributed by atoms with Gasteiger partial charge in [-0.3, -0.25) is 0 Å². The molecule has 0 spiro atoms. The molecular weight excluding hydrogens is 426 g/mol. The number of carbonyl (C=O) groups is 1. The molecule has 4 atom stereocenters. The lowest BCUT2D eigenvalue weighted by Crippen LogP contribution is -2.38. The Balaban J connectivity index is 1.93. The van der Waals surface area contributed by atoms with Crippen molar-refractivity contribution in [2.75, 3.05) is 6.61 Å². The summed E-state index contributed by atoms with van der Waals surface area (Å²) < 4.78 is 90.4. The minimum absolute atomic E-state index is 0.0719. The number of rotatable bonds is 5. The van der Waals surface area contributed by atoms with E-state index in [9.17, 15) is 31.1 Å². The third-order valence-corrected chi connectivity index (χ3v) is 5.26. The van der Waals surface area contributed by atoms with Crippen LogP contribution in [0, 0.1) is 5.92 Å². The molecule has 0 aliphatic carbocycles. The van der Waals surface area contributed by atoms with Crippen molar-refractivity contribution in [1.29, 1.82) is 0 Å². The van der Waals surface area contributed by atoms with Crippen LogP contribution in [0.5, 0.6) is 0 Å². The fraction of sp³-hybridized carbons (Fsp3) is 0.409. The Labute approximate surface area is 175 Å². The summed E-state index contributed by atoms with van der Waals surface area (Å²) in [5.74, 6) is -0.997. The predicted molar refractivity (Wildman–Crippen MR) is 99.0 cm³/mol. The molecule has 2 aromatic carbocycles. The van der Waals surface area contributed by atoms with Crippen molar-refractivity contribution in [3.63, 3.8) is 0 Å². The fourth-order valence-corrected chi connectivity index (χ4v) is 3.65. The van der Waals surface area contributed by atoms with E-state index in [1.165, 1.54) is 6.92 Å². The molecule has 3 nitrogen and oxygen atoms in total. The molecule has 31 heavy (non-hydrogen) atoms. The van der Waals surface area contributed by atoms with Gasteiger partial charge in [0.1, 0.15) is 6.29 Å². The van der Waals surface area contributed by atoms with Crippen LogP contribution in [0.4, 0.5) is 26.3 Å². The largest absolute Gasteiger partial charge is 0.416 e. The predicted octanol–water partition coefficient (Wildman–Crippen LogP) is 6.15. The lowest BCUT2D eigenvalue weighted by Gasteiger charge is -2.37. The maximum atomic E-state index is 13.2. The standard InChI is InChI=1S/C22H20F6O3/c1-13(16-9-17(21(23,24)25)11-18(10-16)22(26,27)28)31-20-19(14-5-3-2-4-6-14)15(12-29)7-8-30-20/h2-6,9-13,15,19-20H,7-8H2,1H3/t13?,15-,19-,20-/m1/s1. The number of hydrogen-bond acceptors (Lipinski definition) is 3. The molecule has 0 aromatic heterocycles. The lowest BCUT2D eigenvalue weighted by molar-refractivity contribution is -0.207. The van der Waals surface area contributed by atoms with E-state index >= 15 is 0 Å². The SMILES string of the molecule is CC(O[C@H]1OCC[C@H](C=O)[C@H]1c1ccccc1)c1cc(C(F)(F)F)cc(C(F)(F)F)c1. The molecular formula is C22H20F6O3.